The van der Waals surface area contributed by atoms with Crippen LogP contribution in [0.25, 0.3) is 0 Å². The normalized spacial score (nSPS) is 20.6. The molecule has 0 spiro atoms. The maximum absolute atomic E-state index is 10.8. The van der Waals surface area contributed by atoms with E-state index in [1.807, 2.05) is 0 Å². The Morgan fingerprint density at radius 1 is 1.56 bits per heavy atom. The van der Waals surface area contributed by atoms with E-state index in [1.165, 1.54) is 0 Å². The molecule has 52 valence electrons. The van der Waals surface area contributed by atoms with E-state index in [-0.39, 0.29) is 5.91 Å². The topological polar surface area (TPSA) is 20.3 Å². The van der Waals surface area contributed by atoms with Gasteiger partial charge in [0.1, 0.15) is 0 Å². The number of rotatable bonds is 1. The van der Waals surface area contributed by atoms with Gasteiger partial charge in [0.15, 0.2) is 0 Å². The van der Waals surface area contributed by atoms with Crippen molar-refractivity contribution in [3.63, 3.8) is 0 Å². The summed E-state index contributed by atoms with van der Waals surface area (Å²) in [5.74, 6) is 0.168. The zero-order valence-corrected chi connectivity index (χ0v) is 6.54. The average molecular weight is 166 g/mol. The van der Waals surface area contributed by atoms with Gasteiger partial charge in [-0.05, 0) is 23.5 Å². The lowest BCUT2D eigenvalue weighted by atomic mass is 10.2. The molecule has 1 amide bonds. The van der Waals surface area contributed by atoms with Crippen molar-refractivity contribution in [3.8, 4) is 0 Å². The molecule has 0 saturated carbocycles. The standard InChI is InChI=1S/C5H8ClNOS/c6-9-7-4-2-1-3-5(7)8/h1-4H2. The summed E-state index contributed by atoms with van der Waals surface area (Å²) in [7, 11) is 5.40. The zero-order valence-electron chi connectivity index (χ0n) is 4.97. The molecule has 0 aromatic heterocycles. The Labute approximate surface area is 63.2 Å². The molecule has 1 fully saturated rings. The molecule has 1 saturated heterocycles. The summed E-state index contributed by atoms with van der Waals surface area (Å²) >= 11 is 1.01. The van der Waals surface area contributed by atoms with Crippen molar-refractivity contribution in [3.05, 3.63) is 0 Å². The maximum Gasteiger partial charge on any atom is 0.233 e. The van der Waals surface area contributed by atoms with Gasteiger partial charge in [0.2, 0.25) is 5.91 Å². The molecule has 0 aliphatic carbocycles. The largest absolute Gasteiger partial charge is 0.274 e. The van der Waals surface area contributed by atoms with Crippen LogP contribution in [0.2, 0.25) is 0 Å². The van der Waals surface area contributed by atoms with E-state index in [4.69, 9.17) is 10.7 Å². The number of nitrogens with zero attached hydrogens (tertiary/aromatic N) is 1. The molecule has 0 aromatic carbocycles. The summed E-state index contributed by atoms with van der Waals surface area (Å²) < 4.78 is 1.60. The van der Waals surface area contributed by atoms with E-state index in [0.29, 0.717) is 6.42 Å². The predicted molar refractivity (Wildman–Crippen MR) is 39.0 cm³/mol. The third-order valence-electron chi connectivity index (χ3n) is 1.36. The van der Waals surface area contributed by atoms with Crippen molar-refractivity contribution in [1.29, 1.82) is 0 Å². The first-order chi connectivity index (χ1) is 4.34. The van der Waals surface area contributed by atoms with Crippen LogP contribution < -0.4 is 0 Å². The third kappa shape index (κ3) is 1.76. The molecule has 0 atom stereocenters. The van der Waals surface area contributed by atoms with Crippen LogP contribution in [0.15, 0.2) is 0 Å². The van der Waals surface area contributed by atoms with Gasteiger partial charge in [0, 0.05) is 13.0 Å². The fraction of sp³-hybridized carbons (Fsp3) is 0.800. The second-order valence-electron chi connectivity index (χ2n) is 2.02. The van der Waals surface area contributed by atoms with E-state index in [1.54, 1.807) is 4.31 Å². The van der Waals surface area contributed by atoms with Crippen LogP contribution in [0.1, 0.15) is 19.3 Å². The second kappa shape index (κ2) is 3.32. The van der Waals surface area contributed by atoms with Gasteiger partial charge in [0.25, 0.3) is 0 Å². The highest BCUT2D eigenvalue weighted by atomic mass is 35.7. The quantitative estimate of drug-likeness (QED) is 0.553. The first-order valence-corrected chi connectivity index (χ1v) is 4.53. The van der Waals surface area contributed by atoms with E-state index in [9.17, 15) is 4.79 Å². The lowest BCUT2D eigenvalue weighted by Crippen LogP contribution is -2.27. The highest BCUT2D eigenvalue weighted by Crippen LogP contribution is 2.21. The highest BCUT2D eigenvalue weighted by molar-refractivity contribution is 8.19. The summed E-state index contributed by atoms with van der Waals surface area (Å²) in [6.07, 6.45) is 2.78. The molecule has 2 nitrogen and oxygen atoms in total. The van der Waals surface area contributed by atoms with Gasteiger partial charge in [0.05, 0.1) is 11.2 Å². The van der Waals surface area contributed by atoms with Crippen molar-refractivity contribution >= 4 is 27.8 Å². The van der Waals surface area contributed by atoms with Gasteiger partial charge in [-0.3, -0.25) is 9.10 Å². The fourth-order valence-corrected chi connectivity index (χ4v) is 1.66. The molecule has 9 heavy (non-hydrogen) atoms. The molecule has 0 radical (unpaired) electrons. The Balaban J connectivity index is 2.39. The Morgan fingerprint density at radius 3 is 2.78 bits per heavy atom. The van der Waals surface area contributed by atoms with Crippen LogP contribution in [0, 0.1) is 0 Å². The first kappa shape index (κ1) is 7.22. The number of carbonyl (C=O) groups excluding carboxylic acids is 1. The molecule has 0 N–H and O–H groups in total. The monoisotopic (exact) mass is 165 g/mol. The molecular formula is C5H8ClNOS. The molecule has 4 heteroatoms. The molecule has 0 bridgehead atoms. The lowest BCUT2D eigenvalue weighted by molar-refractivity contribution is -0.127. The number of amides is 1. The summed E-state index contributed by atoms with van der Waals surface area (Å²) in [6.45, 7) is 0.812. The van der Waals surface area contributed by atoms with Gasteiger partial charge in [-0.15, -0.1) is 0 Å². The van der Waals surface area contributed by atoms with Gasteiger partial charge >= 0.3 is 0 Å². The van der Waals surface area contributed by atoms with Crippen molar-refractivity contribution in [2.75, 3.05) is 6.54 Å². The van der Waals surface area contributed by atoms with Crippen LogP contribution in [-0.4, -0.2) is 16.8 Å². The molecule has 0 unspecified atom stereocenters. The summed E-state index contributed by atoms with van der Waals surface area (Å²) in [4.78, 5) is 10.8. The second-order valence-corrected chi connectivity index (χ2v) is 3.01. The van der Waals surface area contributed by atoms with Gasteiger partial charge < -0.3 is 0 Å². The number of piperidine rings is 1. The van der Waals surface area contributed by atoms with Gasteiger partial charge in [-0.1, -0.05) is 0 Å². The smallest absolute Gasteiger partial charge is 0.233 e. The Bertz CT molecular complexity index is 120. The van der Waals surface area contributed by atoms with Gasteiger partial charge in [-0.2, -0.15) is 0 Å². The number of hydrogen-bond donors (Lipinski definition) is 0. The predicted octanol–water partition coefficient (Wildman–Crippen LogP) is 1.80. The minimum Gasteiger partial charge on any atom is -0.274 e. The Hall–Kier alpha value is 0.110. The minimum atomic E-state index is 0.168. The van der Waals surface area contributed by atoms with Crippen molar-refractivity contribution in [2.45, 2.75) is 19.3 Å². The first-order valence-electron chi connectivity index (χ1n) is 2.93. The molecule has 0 aromatic rings. The van der Waals surface area contributed by atoms with E-state index in [0.717, 1.165) is 30.5 Å². The SMILES string of the molecule is O=C1CCCCN1SCl. The number of carbonyl (C=O) groups is 1. The summed E-state index contributed by atoms with van der Waals surface area (Å²) in [5.41, 5.74) is 0. The van der Waals surface area contributed by atoms with E-state index in [2.05, 4.69) is 0 Å². The molecule has 1 aliphatic rings. The van der Waals surface area contributed by atoms with Crippen molar-refractivity contribution in [2.24, 2.45) is 0 Å². The number of hydrogen-bond acceptors (Lipinski definition) is 2. The molecule has 1 heterocycles. The molecule has 1 rings (SSSR count). The minimum absolute atomic E-state index is 0.168. The Morgan fingerprint density at radius 2 is 2.33 bits per heavy atom. The van der Waals surface area contributed by atoms with E-state index >= 15 is 0 Å². The van der Waals surface area contributed by atoms with Crippen LogP contribution in [-0.2, 0) is 4.79 Å². The van der Waals surface area contributed by atoms with Crippen LogP contribution in [0.5, 0.6) is 0 Å². The highest BCUT2D eigenvalue weighted by Gasteiger charge is 2.17. The zero-order chi connectivity index (χ0) is 6.69. The average Bonchev–Trinajstić information content (AvgIpc) is 1.89. The summed E-state index contributed by atoms with van der Waals surface area (Å²) in [5, 5.41) is 0. The molecule has 1 aliphatic heterocycles. The van der Waals surface area contributed by atoms with Gasteiger partial charge in [-0.25, -0.2) is 0 Å². The summed E-state index contributed by atoms with van der Waals surface area (Å²) in [6, 6.07) is 0. The van der Waals surface area contributed by atoms with Crippen LogP contribution in [0.4, 0.5) is 0 Å². The van der Waals surface area contributed by atoms with Crippen molar-refractivity contribution in [1.82, 2.24) is 4.31 Å². The Kier molecular flexibility index (Phi) is 2.66. The lowest BCUT2D eigenvalue weighted by Gasteiger charge is -2.21. The maximum atomic E-state index is 10.8. The van der Waals surface area contributed by atoms with Crippen molar-refractivity contribution < 1.29 is 4.79 Å². The third-order valence-corrected chi connectivity index (χ3v) is 2.42. The van der Waals surface area contributed by atoms with Crippen LogP contribution >= 0.6 is 21.8 Å². The fourth-order valence-electron chi connectivity index (χ4n) is 0.854. The van der Waals surface area contributed by atoms with E-state index < -0.39 is 0 Å². The van der Waals surface area contributed by atoms with Crippen LogP contribution in [0.3, 0.4) is 0 Å². The number of halogens is 1. The molecular weight excluding hydrogens is 158 g/mol.